The molecule has 2 aromatic rings. The second-order valence-corrected chi connectivity index (χ2v) is 6.67. The fourth-order valence-electron chi connectivity index (χ4n) is 3.74. The molecule has 1 aromatic heterocycles. The van der Waals surface area contributed by atoms with Crippen LogP contribution >= 0.6 is 0 Å². The lowest BCUT2D eigenvalue weighted by Gasteiger charge is -2.27. The summed E-state index contributed by atoms with van der Waals surface area (Å²) in [6.45, 7) is 3.39. The number of aromatic nitrogens is 1. The minimum absolute atomic E-state index is 0.115. The summed E-state index contributed by atoms with van der Waals surface area (Å²) in [6.07, 6.45) is 3.84. The number of fused-ring (bicyclic) bond motifs is 1. The number of nitrogens with zero attached hydrogens (tertiary/aromatic N) is 3. The van der Waals surface area contributed by atoms with Crippen LogP contribution in [0.2, 0.25) is 0 Å². The van der Waals surface area contributed by atoms with E-state index in [2.05, 4.69) is 16.0 Å². The smallest absolute Gasteiger partial charge is 0.237 e. The van der Waals surface area contributed by atoms with Crippen molar-refractivity contribution in [1.82, 2.24) is 14.8 Å². The fourth-order valence-corrected chi connectivity index (χ4v) is 3.74. The molecule has 5 heteroatoms. The molecule has 0 saturated carbocycles. The van der Waals surface area contributed by atoms with E-state index in [1.54, 1.807) is 6.20 Å². The molecule has 1 atom stereocenters. The van der Waals surface area contributed by atoms with Crippen molar-refractivity contribution in [2.45, 2.75) is 25.4 Å². The predicted molar refractivity (Wildman–Crippen MR) is 95.1 cm³/mol. The molecular weight excluding hydrogens is 314 g/mol. The second kappa shape index (κ2) is 7.23. The molecule has 0 spiro atoms. The Morgan fingerprint density at radius 2 is 2.04 bits per heavy atom. The lowest BCUT2D eigenvalue weighted by molar-refractivity contribution is -0.133. The van der Waals surface area contributed by atoms with Crippen molar-refractivity contribution in [3.05, 3.63) is 59.9 Å². The van der Waals surface area contributed by atoms with Gasteiger partial charge in [-0.05, 0) is 31.0 Å². The van der Waals surface area contributed by atoms with Gasteiger partial charge < -0.3 is 9.64 Å². The number of rotatable bonds is 3. The molecular formula is C20H23N3O2. The predicted octanol–water partition coefficient (Wildman–Crippen LogP) is 2.64. The molecule has 1 fully saturated rings. The molecule has 1 amide bonds. The number of para-hydroxylation sites is 1. The van der Waals surface area contributed by atoms with E-state index in [4.69, 9.17) is 4.74 Å². The normalized spacial score (nSPS) is 20.6. The summed E-state index contributed by atoms with van der Waals surface area (Å²) in [5.41, 5.74) is 2.15. The van der Waals surface area contributed by atoms with Gasteiger partial charge in [-0.3, -0.25) is 14.7 Å². The Morgan fingerprint density at radius 3 is 2.92 bits per heavy atom. The largest absolute Gasteiger partial charge is 0.492 e. The molecule has 2 aliphatic rings. The third kappa shape index (κ3) is 3.51. The molecule has 3 heterocycles. The highest BCUT2D eigenvalue weighted by atomic mass is 16.5. The van der Waals surface area contributed by atoms with Gasteiger partial charge in [0.1, 0.15) is 12.4 Å². The topological polar surface area (TPSA) is 45.7 Å². The highest BCUT2D eigenvalue weighted by molar-refractivity contribution is 5.79. The van der Waals surface area contributed by atoms with Crippen LogP contribution in [0, 0.1) is 0 Å². The summed E-state index contributed by atoms with van der Waals surface area (Å²) < 4.78 is 5.80. The van der Waals surface area contributed by atoms with Gasteiger partial charge in [0.2, 0.25) is 5.91 Å². The number of likely N-dealkylation sites (tertiary alicyclic amines) is 1. The van der Waals surface area contributed by atoms with Crippen LogP contribution in [0.1, 0.15) is 30.1 Å². The van der Waals surface area contributed by atoms with E-state index < -0.39 is 0 Å². The molecule has 0 aliphatic carbocycles. The zero-order valence-corrected chi connectivity index (χ0v) is 14.3. The number of ether oxygens (including phenoxy) is 1. The molecule has 1 aromatic carbocycles. The number of hydrogen-bond acceptors (Lipinski definition) is 4. The van der Waals surface area contributed by atoms with Gasteiger partial charge >= 0.3 is 0 Å². The van der Waals surface area contributed by atoms with Crippen molar-refractivity contribution < 1.29 is 9.53 Å². The monoisotopic (exact) mass is 337 g/mol. The Kier molecular flexibility index (Phi) is 4.65. The number of hydrogen-bond donors (Lipinski definition) is 0. The molecule has 0 radical (unpaired) electrons. The van der Waals surface area contributed by atoms with Crippen molar-refractivity contribution >= 4 is 5.91 Å². The van der Waals surface area contributed by atoms with Gasteiger partial charge in [0, 0.05) is 31.4 Å². The Bertz CT molecular complexity index is 735. The highest BCUT2D eigenvalue weighted by Crippen LogP contribution is 2.31. The third-order valence-electron chi connectivity index (χ3n) is 4.99. The van der Waals surface area contributed by atoms with Gasteiger partial charge in [-0.15, -0.1) is 0 Å². The van der Waals surface area contributed by atoms with E-state index in [9.17, 15) is 4.79 Å². The Labute approximate surface area is 148 Å². The summed E-state index contributed by atoms with van der Waals surface area (Å²) in [6, 6.07) is 14.1. The number of amides is 1. The van der Waals surface area contributed by atoms with Crippen molar-refractivity contribution in [1.29, 1.82) is 0 Å². The molecule has 0 N–H and O–H groups in total. The van der Waals surface area contributed by atoms with Crippen molar-refractivity contribution in [2.24, 2.45) is 0 Å². The molecule has 5 nitrogen and oxygen atoms in total. The number of benzene rings is 1. The fraction of sp³-hybridized carbons (Fsp3) is 0.400. The Hall–Kier alpha value is -2.40. The van der Waals surface area contributed by atoms with Gasteiger partial charge in [-0.2, -0.15) is 0 Å². The van der Waals surface area contributed by atoms with E-state index in [-0.39, 0.29) is 11.9 Å². The standard InChI is InChI=1S/C20H23N3O2/c24-20(23-11-5-8-18(23)17-7-3-4-10-21-17)15-22-12-13-25-19-9-2-1-6-16(19)14-22/h1-4,6-7,9-10,18H,5,8,11-15H2/t18-/m0/s1. The number of carbonyl (C=O) groups is 1. The van der Waals surface area contributed by atoms with Crippen LogP contribution in [-0.4, -0.2) is 46.9 Å². The third-order valence-corrected chi connectivity index (χ3v) is 4.99. The first-order valence-corrected chi connectivity index (χ1v) is 8.95. The summed E-state index contributed by atoms with van der Waals surface area (Å²) in [7, 11) is 0. The van der Waals surface area contributed by atoms with Crippen LogP contribution in [0.15, 0.2) is 48.7 Å². The van der Waals surface area contributed by atoms with Crippen LogP contribution in [0.3, 0.4) is 0 Å². The summed E-state index contributed by atoms with van der Waals surface area (Å²) in [5.74, 6) is 1.12. The number of pyridine rings is 1. The summed E-state index contributed by atoms with van der Waals surface area (Å²) >= 11 is 0. The van der Waals surface area contributed by atoms with Crippen LogP contribution in [0.4, 0.5) is 0 Å². The molecule has 0 bridgehead atoms. The molecule has 25 heavy (non-hydrogen) atoms. The minimum atomic E-state index is 0.115. The van der Waals surface area contributed by atoms with E-state index in [0.29, 0.717) is 13.2 Å². The minimum Gasteiger partial charge on any atom is -0.492 e. The Morgan fingerprint density at radius 1 is 1.16 bits per heavy atom. The zero-order chi connectivity index (χ0) is 17.1. The van der Waals surface area contributed by atoms with Crippen molar-refractivity contribution in [3.63, 3.8) is 0 Å². The average molecular weight is 337 g/mol. The first-order chi connectivity index (χ1) is 12.3. The maximum Gasteiger partial charge on any atom is 0.237 e. The van der Waals surface area contributed by atoms with Crippen LogP contribution < -0.4 is 4.74 Å². The quantitative estimate of drug-likeness (QED) is 0.864. The van der Waals surface area contributed by atoms with Crippen molar-refractivity contribution in [3.8, 4) is 5.75 Å². The van der Waals surface area contributed by atoms with Crippen molar-refractivity contribution in [2.75, 3.05) is 26.2 Å². The van der Waals surface area contributed by atoms with Crippen LogP contribution in [-0.2, 0) is 11.3 Å². The lowest BCUT2D eigenvalue weighted by atomic mass is 10.1. The lowest BCUT2D eigenvalue weighted by Crippen LogP contribution is -2.40. The van der Waals surface area contributed by atoms with Gasteiger partial charge in [-0.1, -0.05) is 24.3 Å². The summed E-state index contributed by atoms with van der Waals surface area (Å²) in [4.78, 5) is 21.6. The molecule has 1 saturated heterocycles. The van der Waals surface area contributed by atoms with Crippen LogP contribution in [0.5, 0.6) is 5.75 Å². The number of carbonyl (C=O) groups excluding carboxylic acids is 1. The first-order valence-electron chi connectivity index (χ1n) is 8.95. The van der Waals surface area contributed by atoms with E-state index in [0.717, 1.165) is 49.5 Å². The van der Waals surface area contributed by atoms with Crippen LogP contribution in [0.25, 0.3) is 0 Å². The molecule has 0 unspecified atom stereocenters. The Balaban J connectivity index is 1.45. The first kappa shape index (κ1) is 16.1. The maximum absolute atomic E-state index is 12.9. The van der Waals surface area contributed by atoms with E-state index in [1.165, 1.54) is 0 Å². The maximum atomic E-state index is 12.9. The summed E-state index contributed by atoms with van der Waals surface area (Å²) in [5, 5.41) is 0. The van der Waals surface area contributed by atoms with Gasteiger partial charge in [0.15, 0.2) is 0 Å². The second-order valence-electron chi connectivity index (χ2n) is 6.67. The van der Waals surface area contributed by atoms with E-state index in [1.807, 2.05) is 41.3 Å². The molecule has 2 aliphatic heterocycles. The van der Waals surface area contributed by atoms with Gasteiger partial charge in [0.05, 0.1) is 18.3 Å². The average Bonchev–Trinajstić information content (AvgIpc) is 3.05. The van der Waals surface area contributed by atoms with Gasteiger partial charge in [-0.25, -0.2) is 0 Å². The van der Waals surface area contributed by atoms with E-state index >= 15 is 0 Å². The SMILES string of the molecule is O=C(CN1CCOc2ccccc2C1)N1CCC[C@H]1c1ccccn1. The zero-order valence-electron chi connectivity index (χ0n) is 14.3. The molecule has 4 rings (SSSR count). The molecule has 130 valence electrons. The van der Waals surface area contributed by atoms with Gasteiger partial charge in [0.25, 0.3) is 0 Å². The highest BCUT2D eigenvalue weighted by Gasteiger charge is 2.31.